The van der Waals surface area contributed by atoms with Crippen LogP contribution in [-0.2, 0) is 18.6 Å². The maximum absolute atomic E-state index is 13.5. The van der Waals surface area contributed by atoms with Gasteiger partial charge < -0.3 is 18.6 Å². The van der Waals surface area contributed by atoms with Crippen LogP contribution in [0.15, 0.2) is 0 Å². The van der Waals surface area contributed by atoms with Crippen LogP contribution >= 0.6 is 0 Å². The van der Waals surface area contributed by atoms with Gasteiger partial charge in [0.1, 0.15) is 5.56 Å². The molecule has 0 radical (unpaired) electrons. The minimum absolute atomic E-state index is 0.0749. The molecule has 166 valence electrons. The number of hydrogen-bond donors (Lipinski definition) is 0. The third-order valence-electron chi connectivity index (χ3n) is 3.46. The van der Waals surface area contributed by atoms with Crippen molar-refractivity contribution in [1.82, 2.24) is 0 Å². The highest BCUT2D eigenvalue weighted by Crippen LogP contribution is 2.23. The summed E-state index contributed by atoms with van der Waals surface area (Å²) >= 11 is 0. The van der Waals surface area contributed by atoms with Crippen molar-refractivity contribution in [3.05, 3.63) is 34.6 Å². The molecule has 0 heterocycles. The fourth-order valence-electron chi connectivity index (χ4n) is 2.14. The van der Waals surface area contributed by atoms with E-state index in [0.29, 0.717) is 18.9 Å². The molecule has 0 unspecified atom stereocenters. The quantitative estimate of drug-likeness (QED) is 0.0929. The van der Waals surface area contributed by atoms with Gasteiger partial charge in [-0.25, -0.2) is 26.7 Å². The summed E-state index contributed by atoms with van der Waals surface area (Å²) in [5.74, 6) is -12.8. The van der Waals surface area contributed by atoms with E-state index in [1.165, 1.54) is 0 Å². The average molecular weight is 444 g/mol. The first kappa shape index (κ1) is 25.5. The van der Waals surface area contributed by atoms with Gasteiger partial charge in [-0.2, -0.15) is 0 Å². The zero-order chi connectivity index (χ0) is 22.1. The van der Waals surface area contributed by atoms with Gasteiger partial charge in [0.05, 0.1) is 18.8 Å². The van der Waals surface area contributed by atoms with Crippen LogP contribution in [0.3, 0.4) is 0 Å². The van der Waals surface area contributed by atoms with E-state index >= 15 is 0 Å². The number of halogens is 5. The molecule has 0 N–H and O–H groups in total. The summed E-state index contributed by atoms with van der Waals surface area (Å²) in [5.41, 5.74) is -1.60. The predicted molar refractivity (Wildman–Crippen MR) is 96.4 cm³/mol. The standard InChI is InChI=1S/C18H25F5O5Si/c1-9(2)26-18(27-10(3)4)28-29-8-6-5-7-25-17(24)11-12(19)14(21)16(23)15(22)13(11)20/h9-10,18H,5-8,29H2,1-4H3. The Kier molecular flexibility index (Phi) is 10.7. The monoisotopic (exact) mass is 444 g/mol. The lowest BCUT2D eigenvalue weighted by Crippen LogP contribution is -2.28. The highest BCUT2D eigenvalue weighted by molar-refractivity contribution is 6.27. The van der Waals surface area contributed by atoms with Gasteiger partial charge in [0.15, 0.2) is 33.0 Å². The van der Waals surface area contributed by atoms with Gasteiger partial charge in [0.25, 0.3) is 6.48 Å². The largest absolute Gasteiger partial charge is 0.462 e. The van der Waals surface area contributed by atoms with Gasteiger partial charge in [0.2, 0.25) is 5.82 Å². The number of ether oxygens (including phenoxy) is 3. The van der Waals surface area contributed by atoms with Crippen LogP contribution in [0.4, 0.5) is 22.0 Å². The summed E-state index contributed by atoms with van der Waals surface area (Å²) in [6.45, 7) is 6.40. The minimum atomic E-state index is -2.33. The van der Waals surface area contributed by atoms with Gasteiger partial charge in [-0.3, -0.25) is 0 Å². The maximum atomic E-state index is 13.5. The third kappa shape index (κ3) is 7.99. The zero-order valence-electron chi connectivity index (χ0n) is 16.7. The summed E-state index contributed by atoms with van der Waals surface area (Å²) in [5, 5.41) is 0. The van der Waals surface area contributed by atoms with Crippen LogP contribution in [0.25, 0.3) is 0 Å². The molecule has 5 nitrogen and oxygen atoms in total. The lowest BCUT2D eigenvalue weighted by Gasteiger charge is -2.23. The molecular formula is C18H25F5O5Si. The molecule has 1 aromatic rings. The summed E-state index contributed by atoms with van der Waals surface area (Å²) in [7, 11) is -1.000. The molecule has 11 heteroatoms. The predicted octanol–water partition coefficient (Wildman–Crippen LogP) is 3.97. The highest BCUT2D eigenvalue weighted by atomic mass is 28.2. The van der Waals surface area contributed by atoms with Crippen molar-refractivity contribution in [3.8, 4) is 0 Å². The summed E-state index contributed by atoms with van der Waals surface area (Å²) < 4.78 is 87.4. The number of unbranched alkanes of at least 4 members (excludes halogenated alkanes) is 1. The van der Waals surface area contributed by atoms with Crippen molar-refractivity contribution in [2.75, 3.05) is 6.61 Å². The van der Waals surface area contributed by atoms with Gasteiger partial charge in [0, 0.05) is 0 Å². The minimum Gasteiger partial charge on any atom is -0.462 e. The Hall–Kier alpha value is -1.56. The lowest BCUT2D eigenvalue weighted by molar-refractivity contribution is -0.275. The number of carbonyl (C=O) groups excluding carboxylic acids is 1. The van der Waals surface area contributed by atoms with E-state index in [-0.39, 0.29) is 18.8 Å². The van der Waals surface area contributed by atoms with Crippen LogP contribution in [0.1, 0.15) is 50.9 Å². The maximum Gasteiger partial charge on any atom is 0.344 e. The van der Waals surface area contributed by atoms with E-state index in [9.17, 15) is 26.7 Å². The number of carbonyl (C=O) groups is 1. The average Bonchev–Trinajstić information content (AvgIpc) is 2.63. The summed E-state index contributed by atoms with van der Waals surface area (Å²) in [6, 6.07) is 0.680. The molecular weight excluding hydrogens is 419 g/mol. The molecule has 29 heavy (non-hydrogen) atoms. The van der Waals surface area contributed by atoms with E-state index < -0.39 is 56.9 Å². The highest BCUT2D eigenvalue weighted by Gasteiger charge is 2.30. The Morgan fingerprint density at radius 1 is 0.828 bits per heavy atom. The second-order valence-electron chi connectivity index (χ2n) is 6.67. The molecule has 0 fully saturated rings. The van der Waals surface area contributed by atoms with Crippen LogP contribution in [0.5, 0.6) is 0 Å². The Bertz CT molecular complexity index is 648. The molecule has 0 aliphatic heterocycles. The molecule has 0 atom stereocenters. The molecule has 1 rings (SSSR count). The van der Waals surface area contributed by atoms with E-state index in [4.69, 9.17) is 13.9 Å². The van der Waals surface area contributed by atoms with Crippen molar-refractivity contribution in [1.29, 1.82) is 0 Å². The Morgan fingerprint density at radius 3 is 1.79 bits per heavy atom. The first-order chi connectivity index (χ1) is 13.6. The molecule has 1 aromatic carbocycles. The zero-order valence-corrected chi connectivity index (χ0v) is 18.1. The van der Waals surface area contributed by atoms with Gasteiger partial charge in [-0.05, 0) is 40.2 Å². The molecule has 0 amide bonds. The number of benzene rings is 1. The fraction of sp³-hybridized carbons (Fsp3) is 0.611. The number of rotatable bonds is 12. The third-order valence-corrected chi connectivity index (χ3v) is 4.75. The smallest absolute Gasteiger partial charge is 0.344 e. The van der Waals surface area contributed by atoms with Crippen LogP contribution in [0.2, 0.25) is 6.04 Å². The topological polar surface area (TPSA) is 54.0 Å². The molecule has 0 aromatic heterocycles. The summed E-state index contributed by atoms with van der Waals surface area (Å²) in [6.07, 6.45) is 0.758. The SMILES string of the molecule is CC(C)OC(O[SiH2]CCCCOC(=O)c1c(F)c(F)c(F)c(F)c1F)OC(C)C. The van der Waals surface area contributed by atoms with Crippen molar-refractivity contribution in [2.45, 2.75) is 65.3 Å². The van der Waals surface area contributed by atoms with Gasteiger partial charge in [-0.15, -0.1) is 0 Å². The Morgan fingerprint density at radius 2 is 1.31 bits per heavy atom. The first-order valence-electron chi connectivity index (χ1n) is 9.17. The first-order valence-corrected chi connectivity index (χ1v) is 10.7. The molecule has 0 saturated heterocycles. The van der Waals surface area contributed by atoms with Crippen LogP contribution < -0.4 is 0 Å². The van der Waals surface area contributed by atoms with E-state index in [1.54, 1.807) is 0 Å². The molecule has 0 saturated carbocycles. The van der Waals surface area contributed by atoms with Crippen LogP contribution in [-0.4, -0.2) is 41.0 Å². The fourth-order valence-corrected chi connectivity index (χ4v) is 3.21. The number of esters is 1. The molecule has 0 bridgehead atoms. The second kappa shape index (κ2) is 12.2. The molecule has 0 spiro atoms. The van der Waals surface area contributed by atoms with E-state index in [2.05, 4.69) is 4.74 Å². The van der Waals surface area contributed by atoms with Gasteiger partial charge in [-0.1, -0.05) is 6.42 Å². The van der Waals surface area contributed by atoms with Crippen molar-refractivity contribution in [2.24, 2.45) is 0 Å². The van der Waals surface area contributed by atoms with E-state index in [1.807, 2.05) is 27.7 Å². The van der Waals surface area contributed by atoms with E-state index in [0.717, 1.165) is 0 Å². The van der Waals surface area contributed by atoms with Crippen molar-refractivity contribution in [3.63, 3.8) is 0 Å². The second-order valence-corrected chi connectivity index (χ2v) is 8.12. The van der Waals surface area contributed by atoms with Crippen molar-refractivity contribution >= 4 is 15.7 Å². The summed E-state index contributed by atoms with van der Waals surface area (Å²) in [4.78, 5) is 11.7. The van der Waals surface area contributed by atoms with Crippen molar-refractivity contribution < 1.29 is 45.4 Å². The molecule has 0 aliphatic rings. The number of hydrogen-bond acceptors (Lipinski definition) is 5. The Balaban J connectivity index is 2.40. The molecule has 0 aliphatic carbocycles. The lowest BCUT2D eigenvalue weighted by atomic mass is 10.1. The van der Waals surface area contributed by atoms with Crippen LogP contribution in [0, 0.1) is 29.1 Å². The normalized spacial score (nSPS) is 12.1. The van der Waals surface area contributed by atoms with Gasteiger partial charge >= 0.3 is 5.97 Å². The Labute approximate surface area is 168 Å².